The molecule has 1 aliphatic rings. The summed E-state index contributed by atoms with van der Waals surface area (Å²) in [5.41, 5.74) is 2.72. The van der Waals surface area contributed by atoms with Gasteiger partial charge >= 0.3 is 0 Å². The SMILES string of the molecule is CS(=O)(=O)c1ccc(C2=C(c3cccc(F)c3)C(=O)CC2)cc1. The molecular formula is C18H15FO3S. The van der Waals surface area contributed by atoms with E-state index in [2.05, 4.69) is 0 Å². The summed E-state index contributed by atoms with van der Waals surface area (Å²) in [7, 11) is -3.26. The summed E-state index contributed by atoms with van der Waals surface area (Å²) in [6.45, 7) is 0. The second-order valence-electron chi connectivity index (χ2n) is 5.58. The zero-order chi connectivity index (χ0) is 16.6. The van der Waals surface area contributed by atoms with Gasteiger partial charge in [-0.15, -0.1) is 0 Å². The van der Waals surface area contributed by atoms with Gasteiger partial charge in [0.1, 0.15) is 5.82 Å². The van der Waals surface area contributed by atoms with E-state index >= 15 is 0 Å². The molecule has 23 heavy (non-hydrogen) atoms. The van der Waals surface area contributed by atoms with Crippen molar-refractivity contribution in [1.82, 2.24) is 0 Å². The monoisotopic (exact) mass is 330 g/mol. The summed E-state index contributed by atoms with van der Waals surface area (Å²) in [6, 6.07) is 12.4. The number of Topliss-reactive ketones (excluding diaryl/α,β-unsaturated/α-hetero) is 1. The molecule has 0 spiro atoms. The molecule has 3 rings (SSSR count). The van der Waals surface area contributed by atoms with E-state index in [-0.39, 0.29) is 16.5 Å². The molecule has 0 unspecified atom stereocenters. The normalized spacial score (nSPS) is 15.3. The van der Waals surface area contributed by atoms with Gasteiger partial charge in [0, 0.05) is 18.2 Å². The summed E-state index contributed by atoms with van der Waals surface area (Å²) in [5.74, 6) is -0.403. The predicted molar refractivity (Wildman–Crippen MR) is 87.0 cm³/mol. The van der Waals surface area contributed by atoms with Crippen LogP contribution in [0.1, 0.15) is 24.0 Å². The molecule has 1 aliphatic carbocycles. The third-order valence-corrected chi connectivity index (χ3v) is 5.06. The molecule has 0 fully saturated rings. The zero-order valence-electron chi connectivity index (χ0n) is 12.5. The summed E-state index contributed by atoms with van der Waals surface area (Å²) in [6.07, 6.45) is 2.11. The lowest BCUT2D eigenvalue weighted by atomic mass is 9.97. The average Bonchev–Trinajstić information content (AvgIpc) is 2.88. The lowest BCUT2D eigenvalue weighted by Crippen LogP contribution is -1.98. The van der Waals surface area contributed by atoms with Gasteiger partial charge in [-0.05, 0) is 47.4 Å². The Morgan fingerprint density at radius 3 is 2.26 bits per heavy atom. The van der Waals surface area contributed by atoms with E-state index < -0.39 is 9.84 Å². The van der Waals surface area contributed by atoms with Crippen LogP contribution in [0.25, 0.3) is 11.1 Å². The maximum absolute atomic E-state index is 13.5. The van der Waals surface area contributed by atoms with Crippen molar-refractivity contribution >= 4 is 26.8 Å². The fourth-order valence-corrected chi connectivity index (χ4v) is 3.46. The predicted octanol–water partition coefficient (Wildman–Crippen LogP) is 3.50. The first-order valence-electron chi connectivity index (χ1n) is 7.19. The van der Waals surface area contributed by atoms with Crippen molar-refractivity contribution in [2.45, 2.75) is 17.7 Å². The lowest BCUT2D eigenvalue weighted by Gasteiger charge is -2.08. The highest BCUT2D eigenvalue weighted by atomic mass is 32.2. The van der Waals surface area contributed by atoms with Gasteiger partial charge in [-0.25, -0.2) is 12.8 Å². The van der Waals surface area contributed by atoms with E-state index in [9.17, 15) is 17.6 Å². The second-order valence-corrected chi connectivity index (χ2v) is 7.60. The standard InChI is InChI=1S/C18H15FO3S/c1-23(21,22)15-7-5-12(6-8-15)16-9-10-17(20)18(16)13-3-2-4-14(19)11-13/h2-8,11H,9-10H2,1H3. The molecule has 0 atom stereocenters. The molecule has 0 radical (unpaired) electrons. The second kappa shape index (κ2) is 5.74. The van der Waals surface area contributed by atoms with Gasteiger partial charge in [-0.1, -0.05) is 24.3 Å². The van der Waals surface area contributed by atoms with Gasteiger partial charge in [0.2, 0.25) is 0 Å². The van der Waals surface area contributed by atoms with Crippen LogP contribution in [-0.4, -0.2) is 20.5 Å². The minimum Gasteiger partial charge on any atom is -0.294 e. The Hall–Kier alpha value is -2.27. The Morgan fingerprint density at radius 1 is 0.957 bits per heavy atom. The maximum atomic E-state index is 13.5. The van der Waals surface area contributed by atoms with Gasteiger partial charge in [-0.3, -0.25) is 4.79 Å². The minimum atomic E-state index is -3.26. The number of hydrogen-bond acceptors (Lipinski definition) is 3. The number of hydrogen-bond donors (Lipinski definition) is 0. The first-order valence-corrected chi connectivity index (χ1v) is 9.08. The van der Waals surface area contributed by atoms with Crippen LogP contribution in [0.2, 0.25) is 0 Å². The molecule has 0 amide bonds. The van der Waals surface area contributed by atoms with Crippen molar-refractivity contribution in [3.63, 3.8) is 0 Å². The van der Waals surface area contributed by atoms with Crippen LogP contribution in [0.15, 0.2) is 53.4 Å². The Kier molecular flexibility index (Phi) is 3.90. The molecule has 0 aliphatic heterocycles. The van der Waals surface area contributed by atoms with Crippen molar-refractivity contribution in [1.29, 1.82) is 0 Å². The molecule has 0 bridgehead atoms. The van der Waals surface area contributed by atoms with Gasteiger partial charge in [-0.2, -0.15) is 0 Å². The quantitative estimate of drug-likeness (QED) is 0.865. The van der Waals surface area contributed by atoms with E-state index in [0.29, 0.717) is 24.0 Å². The molecule has 3 nitrogen and oxygen atoms in total. The fraction of sp³-hybridized carbons (Fsp3) is 0.167. The zero-order valence-corrected chi connectivity index (χ0v) is 13.4. The first-order chi connectivity index (χ1) is 10.9. The van der Waals surface area contributed by atoms with Crippen LogP contribution in [0.5, 0.6) is 0 Å². The number of rotatable bonds is 3. The summed E-state index contributed by atoms with van der Waals surface area (Å²) >= 11 is 0. The van der Waals surface area contributed by atoms with Crippen LogP contribution >= 0.6 is 0 Å². The Morgan fingerprint density at radius 2 is 1.65 bits per heavy atom. The van der Waals surface area contributed by atoms with Crippen LogP contribution in [-0.2, 0) is 14.6 Å². The highest BCUT2D eigenvalue weighted by molar-refractivity contribution is 7.90. The Bertz CT molecular complexity index is 910. The van der Waals surface area contributed by atoms with E-state index in [1.165, 1.54) is 24.3 Å². The molecular weight excluding hydrogens is 315 g/mol. The number of carbonyl (C=O) groups is 1. The largest absolute Gasteiger partial charge is 0.294 e. The fourth-order valence-electron chi connectivity index (χ4n) is 2.83. The van der Waals surface area contributed by atoms with Gasteiger partial charge < -0.3 is 0 Å². The highest BCUT2D eigenvalue weighted by Gasteiger charge is 2.25. The molecule has 0 saturated heterocycles. The van der Waals surface area contributed by atoms with Crippen molar-refractivity contribution in [3.8, 4) is 0 Å². The minimum absolute atomic E-state index is 0.0159. The molecule has 5 heteroatoms. The topological polar surface area (TPSA) is 51.2 Å². The number of ketones is 1. The number of halogens is 1. The lowest BCUT2D eigenvalue weighted by molar-refractivity contribution is -0.113. The summed E-state index contributed by atoms with van der Waals surface area (Å²) in [4.78, 5) is 12.5. The molecule has 0 aromatic heterocycles. The molecule has 0 heterocycles. The van der Waals surface area contributed by atoms with Crippen molar-refractivity contribution in [2.75, 3.05) is 6.26 Å². The smallest absolute Gasteiger partial charge is 0.175 e. The van der Waals surface area contributed by atoms with Gasteiger partial charge in [0.25, 0.3) is 0 Å². The molecule has 2 aromatic rings. The Balaban J connectivity index is 2.10. The van der Waals surface area contributed by atoms with Crippen LogP contribution in [0.3, 0.4) is 0 Å². The van der Waals surface area contributed by atoms with Crippen LogP contribution in [0.4, 0.5) is 4.39 Å². The van der Waals surface area contributed by atoms with Crippen molar-refractivity contribution in [3.05, 3.63) is 65.5 Å². The molecule has 118 valence electrons. The molecule has 0 N–H and O–H groups in total. The molecule has 2 aromatic carbocycles. The number of carbonyl (C=O) groups excluding carboxylic acids is 1. The number of benzene rings is 2. The third-order valence-electron chi connectivity index (χ3n) is 3.93. The summed E-state index contributed by atoms with van der Waals surface area (Å²) in [5, 5.41) is 0. The number of allylic oxidation sites excluding steroid dienone is 2. The third kappa shape index (κ3) is 3.10. The van der Waals surface area contributed by atoms with E-state index in [0.717, 1.165) is 17.4 Å². The van der Waals surface area contributed by atoms with E-state index in [4.69, 9.17) is 0 Å². The average molecular weight is 330 g/mol. The highest BCUT2D eigenvalue weighted by Crippen LogP contribution is 2.37. The van der Waals surface area contributed by atoms with Crippen molar-refractivity contribution in [2.24, 2.45) is 0 Å². The van der Waals surface area contributed by atoms with Crippen LogP contribution in [0, 0.1) is 5.82 Å². The first kappa shape index (κ1) is 15.6. The van der Waals surface area contributed by atoms with E-state index in [1.54, 1.807) is 24.3 Å². The number of sulfone groups is 1. The van der Waals surface area contributed by atoms with Gasteiger partial charge in [0.15, 0.2) is 15.6 Å². The summed E-state index contributed by atoms with van der Waals surface area (Å²) < 4.78 is 36.5. The van der Waals surface area contributed by atoms with Crippen molar-refractivity contribution < 1.29 is 17.6 Å². The Labute approximate surface area is 134 Å². The molecule has 0 saturated carbocycles. The maximum Gasteiger partial charge on any atom is 0.175 e. The van der Waals surface area contributed by atoms with Gasteiger partial charge in [0.05, 0.1) is 4.90 Å². The van der Waals surface area contributed by atoms with E-state index in [1.807, 2.05) is 0 Å². The van der Waals surface area contributed by atoms with Crippen LogP contribution < -0.4 is 0 Å².